The number of carboxylic acid groups (broad SMARTS) is 1. The van der Waals surface area contributed by atoms with Crippen LogP contribution in [0.3, 0.4) is 0 Å². The highest BCUT2D eigenvalue weighted by Gasteiger charge is 2.23. The Morgan fingerprint density at radius 1 is 0.735 bits per heavy atom. The number of primary amides is 2. The van der Waals surface area contributed by atoms with Crippen LogP contribution in [0.1, 0.15) is 93.9 Å². The molecule has 0 atom stereocenters. The molecule has 0 bridgehead atoms. The molecule has 2 aromatic rings. The van der Waals surface area contributed by atoms with Crippen LogP contribution in [0.25, 0.3) is 0 Å². The number of urea groups is 2. The molecular formula is C37H57N5O7. The van der Waals surface area contributed by atoms with Gasteiger partial charge in [-0.3, -0.25) is 4.79 Å². The SMILES string of the molecule is Cc1cc(OCC(=O)CC2CCN(C(N)=O)CC2)ccc1C(C)C.Cc1cc(OCC(=O)O)ccc1C(C)C.NC(=O)N1CCC(N)CC1. The Morgan fingerprint density at radius 2 is 1.14 bits per heavy atom. The number of nitrogens with zero attached hydrogens (tertiary/aromatic N) is 2. The number of aliphatic carboxylic acids is 1. The lowest BCUT2D eigenvalue weighted by Gasteiger charge is -2.30. The summed E-state index contributed by atoms with van der Waals surface area (Å²) in [5.41, 5.74) is 20.8. The van der Waals surface area contributed by atoms with Crippen LogP contribution in [-0.2, 0) is 9.59 Å². The Kier molecular flexibility index (Phi) is 16.9. The summed E-state index contributed by atoms with van der Waals surface area (Å²) in [6.45, 7) is 15.2. The van der Waals surface area contributed by atoms with Crippen molar-refractivity contribution in [1.82, 2.24) is 9.80 Å². The molecule has 7 N–H and O–H groups in total. The number of carboxylic acids is 1. The molecule has 0 unspecified atom stereocenters. The van der Waals surface area contributed by atoms with Crippen molar-refractivity contribution in [2.75, 3.05) is 39.4 Å². The van der Waals surface area contributed by atoms with Gasteiger partial charge in [0, 0.05) is 38.6 Å². The fourth-order valence-corrected chi connectivity index (χ4v) is 5.94. The van der Waals surface area contributed by atoms with Gasteiger partial charge in [-0.05, 0) is 104 Å². The third-order valence-corrected chi connectivity index (χ3v) is 8.78. The average Bonchev–Trinajstić information content (AvgIpc) is 3.03. The van der Waals surface area contributed by atoms with E-state index in [2.05, 4.69) is 40.7 Å². The monoisotopic (exact) mass is 683 g/mol. The van der Waals surface area contributed by atoms with E-state index in [9.17, 15) is 19.2 Å². The second-order valence-corrected chi connectivity index (χ2v) is 13.5. The predicted octanol–water partition coefficient (Wildman–Crippen LogP) is 5.32. The molecule has 0 saturated carbocycles. The van der Waals surface area contributed by atoms with Crippen molar-refractivity contribution >= 4 is 23.8 Å². The number of ether oxygens (including phenoxy) is 2. The quantitative estimate of drug-likeness (QED) is 0.259. The lowest BCUT2D eigenvalue weighted by atomic mass is 9.92. The summed E-state index contributed by atoms with van der Waals surface area (Å²) in [7, 11) is 0. The first kappa shape index (κ1) is 40.9. The number of benzene rings is 2. The first-order valence-electron chi connectivity index (χ1n) is 17.1. The highest BCUT2D eigenvalue weighted by atomic mass is 16.5. The van der Waals surface area contributed by atoms with Gasteiger partial charge in [-0.2, -0.15) is 0 Å². The van der Waals surface area contributed by atoms with Gasteiger partial charge < -0.3 is 41.6 Å². The lowest BCUT2D eigenvalue weighted by molar-refractivity contribution is -0.139. The van der Waals surface area contributed by atoms with E-state index in [0.29, 0.717) is 43.0 Å². The van der Waals surface area contributed by atoms with Crippen LogP contribution in [0.5, 0.6) is 11.5 Å². The summed E-state index contributed by atoms with van der Waals surface area (Å²) >= 11 is 0. The molecular weight excluding hydrogens is 626 g/mol. The summed E-state index contributed by atoms with van der Waals surface area (Å²) in [6.07, 6.45) is 3.93. The Bertz CT molecular complexity index is 1380. The number of rotatable bonds is 10. The van der Waals surface area contributed by atoms with Gasteiger partial charge in [-0.15, -0.1) is 0 Å². The molecule has 4 rings (SSSR count). The van der Waals surface area contributed by atoms with Crippen molar-refractivity contribution in [2.24, 2.45) is 23.1 Å². The topological polar surface area (TPSA) is 192 Å². The first-order chi connectivity index (χ1) is 23.1. The molecule has 0 aromatic heterocycles. The van der Waals surface area contributed by atoms with Crippen molar-refractivity contribution in [3.05, 3.63) is 58.7 Å². The highest BCUT2D eigenvalue weighted by Crippen LogP contribution is 2.25. The van der Waals surface area contributed by atoms with Crippen molar-refractivity contribution in [3.63, 3.8) is 0 Å². The molecule has 2 aliphatic rings. The number of likely N-dealkylation sites (tertiary alicyclic amines) is 2. The van der Waals surface area contributed by atoms with E-state index in [1.165, 1.54) is 16.7 Å². The summed E-state index contributed by atoms with van der Waals surface area (Å²) in [5.74, 6) is 1.78. The number of hydrogen-bond acceptors (Lipinski definition) is 7. The molecule has 49 heavy (non-hydrogen) atoms. The minimum atomic E-state index is -0.958. The van der Waals surface area contributed by atoms with Crippen LogP contribution in [-0.4, -0.2) is 84.2 Å². The molecule has 12 nitrogen and oxygen atoms in total. The Morgan fingerprint density at radius 3 is 1.51 bits per heavy atom. The van der Waals surface area contributed by atoms with E-state index in [1.54, 1.807) is 9.80 Å². The Hall–Kier alpha value is -4.32. The zero-order chi connectivity index (χ0) is 36.7. The largest absolute Gasteiger partial charge is 0.486 e. The molecule has 2 heterocycles. The van der Waals surface area contributed by atoms with E-state index in [-0.39, 0.29) is 37.1 Å². The van der Waals surface area contributed by atoms with Crippen molar-refractivity contribution < 1.29 is 33.8 Å². The molecule has 2 saturated heterocycles. The standard InChI is InChI=1S/C19H28N2O3.C12H16O3.C6H13N3O/c1-13(2)18-5-4-17(10-14(18)3)24-12-16(22)11-15-6-8-21(9-7-15)19(20)23;1-8(2)11-5-4-10(6-9(11)3)15-7-12(13)14;7-5-1-3-9(4-2-5)6(8)10/h4-5,10,13,15H,6-9,11-12H2,1-3H3,(H2,20,23);4-6,8H,7H2,1-3H3,(H,13,14);5H,1-4,7H2,(H2,8,10). The van der Waals surface area contributed by atoms with Crippen LogP contribution in [0.15, 0.2) is 36.4 Å². The predicted molar refractivity (Wildman–Crippen MR) is 191 cm³/mol. The molecule has 2 aliphatic heterocycles. The summed E-state index contributed by atoms with van der Waals surface area (Å²) in [6, 6.07) is 11.2. The highest BCUT2D eigenvalue weighted by molar-refractivity contribution is 5.80. The van der Waals surface area contributed by atoms with Crippen LogP contribution in [0.2, 0.25) is 0 Å². The van der Waals surface area contributed by atoms with E-state index in [0.717, 1.165) is 50.1 Å². The number of piperidine rings is 2. The van der Waals surface area contributed by atoms with E-state index < -0.39 is 5.97 Å². The summed E-state index contributed by atoms with van der Waals surface area (Å²) in [4.78, 5) is 47.4. The van der Waals surface area contributed by atoms with Crippen molar-refractivity contribution in [2.45, 2.75) is 91.5 Å². The van der Waals surface area contributed by atoms with Crippen molar-refractivity contribution in [1.29, 1.82) is 0 Å². The maximum atomic E-state index is 12.1. The number of hydrogen-bond donors (Lipinski definition) is 4. The number of aryl methyl sites for hydroxylation is 2. The van der Waals surface area contributed by atoms with E-state index in [1.807, 2.05) is 37.3 Å². The molecule has 2 aromatic carbocycles. The number of Topliss-reactive ketones (excluding diaryl/α,β-unsaturated/α-hetero) is 1. The van der Waals surface area contributed by atoms with Gasteiger partial charge in [0.1, 0.15) is 18.1 Å². The van der Waals surface area contributed by atoms with Gasteiger partial charge in [0.25, 0.3) is 0 Å². The molecule has 4 amide bonds. The fraction of sp³-hybridized carbons (Fsp3) is 0.568. The Labute approximate surface area is 291 Å². The maximum Gasteiger partial charge on any atom is 0.341 e. The smallest absolute Gasteiger partial charge is 0.341 e. The van der Waals surface area contributed by atoms with E-state index >= 15 is 0 Å². The van der Waals surface area contributed by atoms with Crippen LogP contribution in [0, 0.1) is 19.8 Å². The zero-order valence-electron chi connectivity index (χ0n) is 30.1. The number of nitrogens with two attached hydrogens (primary N) is 3. The van der Waals surface area contributed by atoms with Gasteiger partial charge >= 0.3 is 18.0 Å². The van der Waals surface area contributed by atoms with Crippen LogP contribution >= 0.6 is 0 Å². The molecule has 0 aliphatic carbocycles. The summed E-state index contributed by atoms with van der Waals surface area (Å²) in [5, 5.41) is 8.46. The number of amides is 4. The molecule has 0 radical (unpaired) electrons. The van der Waals surface area contributed by atoms with Gasteiger partial charge in [-0.25, -0.2) is 14.4 Å². The molecule has 272 valence electrons. The van der Waals surface area contributed by atoms with E-state index in [4.69, 9.17) is 31.8 Å². The Balaban J connectivity index is 0.000000283. The van der Waals surface area contributed by atoms with Crippen LogP contribution in [0.4, 0.5) is 9.59 Å². The second kappa shape index (κ2) is 20.3. The van der Waals surface area contributed by atoms with Crippen LogP contribution < -0.4 is 26.7 Å². The second-order valence-electron chi connectivity index (χ2n) is 13.5. The normalized spacial score (nSPS) is 15.1. The number of carbonyl (C=O) groups is 4. The minimum Gasteiger partial charge on any atom is -0.486 e. The fourth-order valence-electron chi connectivity index (χ4n) is 5.94. The van der Waals surface area contributed by atoms with Gasteiger partial charge in [0.05, 0.1) is 0 Å². The van der Waals surface area contributed by atoms with Gasteiger partial charge in [0.2, 0.25) is 0 Å². The first-order valence-corrected chi connectivity index (χ1v) is 17.1. The van der Waals surface area contributed by atoms with Crippen molar-refractivity contribution in [3.8, 4) is 11.5 Å². The molecule has 0 spiro atoms. The molecule has 12 heteroatoms. The minimum absolute atomic E-state index is 0.108. The number of ketones is 1. The summed E-state index contributed by atoms with van der Waals surface area (Å²) < 4.78 is 10.7. The average molecular weight is 684 g/mol. The zero-order valence-corrected chi connectivity index (χ0v) is 30.1. The number of carbonyl (C=O) groups excluding carboxylic acids is 3. The third kappa shape index (κ3) is 14.8. The maximum absolute atomic E-state index is 12.1. The van der Waals surface area contributed by atoms with Gasteiger partial charge in [-0.1, -0.05) is 39.8 Å². The molecule has 2 fully saturated rings. The van der Waals surface area contributed by atoms with Gasteiger partial charge in [0.15, 0.2) is 12.4 Å². The lowest BCUT2D eigenvalue weighted by Crippen LogP contribution is -2.45. The third-order valence-electron chi connectivity index (χ3n) is 8.78.